The fourth-order valence-corrected chi connectivity index (χ4v) is 2.24. The molecule has 3 aromatic carbocycles. The van der Waals surface area contributed by atoms with Gasteiger partial charge < -0.3 is 24.8 Å². The van der Waals surface area contributed by atoms with Gasteiger partial charge in [0.15, 0.2) is 0 Å². The van der Waals surface area contributed by atoms with Crippen molar-refractivity contribution < 1.29 is 51.0 Å². The van der Waals surface area contributed by atoms with Crippen molar-refractivity contribution in [3.63, 3.8) is 0 Å². The summed E-state index contributed by atoms with van der Waals surface area (Å²) in [5, 5.41) is 5.39. The fraction of sp³-hybridized carbons (Fsp3) is 0.150. The Morgan fingerprint density at radius 2 is 1.33 bits per heavy atom. The summed E-state index contributed by atoms with van der Waals surface area (Å²) in [4.78, 5) is 0. The molecular weight excluding hydrogens is 430 g/mol. The van der Waals surface area contributed by atoms with Crippen LogP contribution in [-0.4, -0.2) is 9.52 Å². The molecule has 0 saturated heterocycles. The van der Waals surface area contributed by atoms with E-state index in [2.05, 4.69) is 79.8 Å². The van der Waals surface area contributed by atoms with Gasteiger partial charge in [0.05, 0.1) is 0 Å². The second-order valence-corrected chi connectivity index (χ2v) is 5.82. The first kappa shape index (κ1) is 25.7. The van der Waals surface area contributed by atoms with Crippen LogP contribution < -0.4 is 24.8 Å². The predicted molar refractivity (Wildman–Crippen MR) is 96.1 cm³/mol. The number of rotatable bonds is 0. The van der Waals surface area contributed by atoms with Crippen molar-refractivity contribution >= 4 is 31.1 Å². The van der Waals surface area contributed by atoms with Crippen molar-refractivity contribution in [2.24, 2.45) is 0 Å². The maximum absolute atomic E-state index is 2.99. The first-order valence-electron chi connectivity index (χ1n) is 7.20. The van der Waals surface area contributed by atoms with E-state index in [4.69, 9.17) is 0 Å². The molecule has 0 saturated carbocycles. The third-order valence-corrected chi connectivity index (χ3v) is 3.11. The van der Waals surface area contributed by atoms with Gasteiger partial charge in [-0.1, -0.05) is 49.5 Å². The molecule has 0 atom stereocenters. The van der Waals surface area contributed by atoms with E-state index < -0.39 is 0 Å². The largest absolute Gasteiger partial charge is 4.00 e. The van der Waals surface area contributed by atoms with E-state index in [1.54, 1.807) is 0 Å². The molecule has 0 amide bonds. The van der Waals surface area contributed by atoms with Gasteiger partial charge in [0.1, 0.15) is 0 Å². The molecule has 0 nitrogen and oxygen atoms in total. The van der Waals surface area contributed by atoms with Crippen molar-refractivity contribution in [1.82, 2.24) is 0 Å². The fourth-order valence-electron chi connectivity index (χ4n) is 2.24. The minimum absolute atomic E-state index is 0. The van der Waals surface area contributed by atoms with Crippen LogP contribution in [0.15, 0.2) is 72.8 Å². The molecule has 0 N–H and O–H groups in total. The molecule has 0 spiro atoms. The first-order chi connectivity index (χ1) is 10.4. The van der Waals surface area contributed by atoms with Crippen molar-refractivity contribution in [2.45, 2.75) is 19.5 Å². The maximum atomic E-state index is 2.99. The van der Waals surface area contributed by atoms with Gasteiger partial charge in [0.2, 0.25) is 0 Å². The molecule has 0 bridgehead atoms. The van der Waals surface area contributed by atoms with Crippen molar-refractivity contribution in [1.29, 1.82) is 0 Å². The van der Waals surface area contributed by atoms with Crippen LogP contribution in [0, 0.1) is 6.08 Å². The maximum Gasteiger partial charge on any atom is 4.00 e. The van der Waals surface area contributed by atoms with E-state index >= 15 is 0 Å². The Morgan fingerprint density at radius 1 is 0.875 bits per heavy atom. The molecule has 1 aliphatic rings. The number of halogens is 2. The number of fused-ring (bicyclic) bond motifs is 3. The number of allylic oxidation sites excluding steroid dienone is 4. The molecule has 2 radical (unpaired) electrons. The molecule has 0 unspecified atom stereocenters. The zero-order chi connectivity index (χ0) is 14.9. The van der Waals surface area contributed by atoms with E-state index in [0.29, 0.717) is 0 Å². The molecular formula is C20H20Cl2SiZr. The summed E-state index contributed by atoms with van der Waals surface area (Å²) in [5.74, 6) is 0. The van der Waals surface area contributed by atoms with Gasteiger partial charge in [-0.2, -0.15) is 6.08 Å². The van der Waals surface area contributed by atoms with E-state index in [-0.39, 0.29) is 51.0 Å². The molecule has 0 fully saturated rings. The summed E-state index contributed by atoms with van der Waals surface area (Å²) in [6, 6.07) is 19.3. The number of hydrogen-bond donors (Lipinski definition) is 0. The summed E-state index contributed by atoms with van der Waals surface area (Å²) >= 11 is 0. The smallest absolute Gasteiger partial charge is 1.00 e. The molecule has 4 rings (SSSR count). The first-order valence-corrected chi connectivity index (χ1v) is 9.20. The molecule has 0 heterocycles. The summed E-state index contributed by atoms with van der Waals surface area (Å²) in [6.07, 6.45) is 10.0. The Kier molecular flexibility index (Phi) is 15.8. The summed E-state index contributed by atoms with van der Waals surface area (Å²) in [6.45, 7) is 4.31. The summed E-state index contributed by atoms with van der Waals surface area (Å²) in [5.41, 5.74) is 0. The average molecular weight is 451 g/mol. The van der Waals surface area contributed by atoms with E-state index in [1.165, 1.54) is 21.5 Å². The van der Waals surface area contributed by atoms with E-state index in [0.717, 1.165) is 15.9 Å². The number of benzene rings is 2. The monoisotopic (exact) mass is 448 g/mol. The topological polar surface area (TPSA) is 0 Å². The summed E-state index contributed by atoms with van der Waals surface area (Å²) in [7, 11) is 1.08. The normalized spacial score (nSPS) is 10.4. The van der Waals surface area contributed by atoms with Crippen LogP contribution in [-0.2, 0) is 26.2 Å². The van der Waals surface area contributed by atoms with E-state index in [1.807, 2.05) is 12.2 Å². The van der Waals surface area contributed by atoms with Gasteiger partial charge >= 0.3 is 26.2 Å². The van der Waals surface area contributed by atoms with Crippen LogP contribution in [0.5, 0.6) is 0 Å². The Labute approximate surface area is 179 Å². The van der Waals surface area contributed by atoms with Crippen LogP contribution in [0.4, 0.5) is 0 Å². The minimum atomic E-state index is 0. The third kappa shape index (κ3) is 7.57. The molecule has 0 aliphatic heterocycles. The Morgan fingerprint density at radius 3 is 1.67 bits per heavy atom. The Bertz CT molecular complexity index is 687. The standard InChI is InChI=1S/C13H9.C5H5.C2H6Si.2ClH.Zr/c1-3-7-12-10(5-1)9-11-6-2-4-8-13(11)12;1-2-4-5-3-1;1-3-2;;;/h1-9H;1-3H,4H2;1-2H3;2*1H;/q2*-1;;;;+4/p-2. The second-order valence-electron chi connectivity index (χ2n) is 4.82. The Hall–Kier alpha value is -0.530. The Balaban J connectivity index is 0. The van der Waals surface area contributed by atoms with Crippen LogP contribution in [0.2, 0.25) is 13.1 Å². The molecule has 122 valence electrons. The SMILES string of the molecule is C[Si]C.[C-]1=CC=CC1.[Cl-].[Cl-].[Zr+4].c1ccc2c(c1)[cH-]c1ccccc12. The minimum Gasteiger partial charge on any atom is -1.00 e. The van der Waals surface area contributed by atoms with Gasteiger partial charge in [-0.25, -0.2) is 12.2 Å². The molecule has 3 aromatic rings. The van der Waals surface area contributed by atoms with Crippen molar-refractivity contribution in [3.05, 3.63) is 78.9 Å². The van der Waals surface area contributed by atoms with Crippen LogP contribution >= 0.6 is 0 Å². The van der Waals surface area contributed by atoms with Crippen LogP contribution in [0.3, 0.4) is 0 Å². The van der Waals surface area contributed by atoms with Gasteiger partial charge in [0, 0.05) is 9.52 Å². The summed E-state index contributed by atoms with van der Waals surface area (Å²) < 4.78 is 0. The zero-order valence-electron chi connectivity index (χ0n) is 13.9. The second kappa shape index (κ2) is 14.8. The molecule has 4 heteroatoms. The predicted octanol–water partition coefficient (Wildman–Crippen LogP) is -0.190. The quantitative estimate of drug-likeness (QED) is 0.329. The number of hydrogen-bond acceptors (Lipinski definition) is 0. The van der Waals surface area contributed by atoms with Gasteiger partial charge in [-0.15, -0.1) is 46.2 Å². The van der Waals surface area contributed by atoms with Crippen LogP contribution in [0.1, 0.15) is 6.42 Å². The van der Waals surface area contributed by atoms with Crippen molar-refractivity contribution in [2.75, 3.05) is 0 Å². The molecule has 0 aromatic heterocycles. The average Bonchev–Trinajstić information content (AvgIpc) is 3.19. The van der Waals surface area contributed by atoms with Gasteiger partial charge in [-0.05, 0) is 0 Å². The van der Waals surface area contributed by atoms with Crippen LogP contribution in [0.25, 0.3) is 21.5 Å². The third-order valence-electron chi connectivity index (χ3n) is 3.11. The molecule has 1 aliphatic carbocycles. The van der Waals surface area contributed by atoms with Gasteiger partial charge in [-0.3, -0.25) is 6.08 Å². The van der Waals surface area contributed by atoms with Crippen molar-refractivity contribution in [3.8, 4) is 0 Å². The zero-order valence-corrected chi connectivity index (χ0v) is 18.9. The van der Waals surface area contributed by atoms with E-state index in [9.17, 15) is 0 Å². The van der Waals surface area contributed by atoms with Gasteiger partial charge in [0.25, 0.3) is 0 Å². The molecule has 24 heavy (non-hydrogen) atoms.